The summed E-state index contributed by atoms with van der Waals surface area (Å²) in [6, 6.07) is 5.56. The number of benzene rings is 1. The maximum absolute atomic E-state index is 12.2. The highest BCUT2D eigenvalue weighted by Crippen LogP contribution is 2.28. The van der Waals surface area contributed by atoms with Crippen molar-refractivity contribution in [2.75, 3.05) is 44.6 Å². The van der Waals surface area contributed by atoms with Crippen molar-refractivity contribution in [2.24, 2.45) is 5.92 Å². The van der Waals surface area contributed by atoms with E-state index >= 15 is 0 Å². The van der Waals surface area contributed by atoms with E-state index in [9.17, 15) is 4.79 Å². The Kier molecular flexibility index (Phi) is 4.86. The van der Waals surface area contributed by atoms with E-state index in [2.05, 4.69) is 10.6 Å². The third kappa shape index (κ3) is 3.23. The van der Waals surface area contributed by atoms with Crippen LogP contribution in [0.1, 0.15) is 0 Å². The van der Waals surface area contributed by atoms with Crippen molar-refractivity contribution in [3.8, 4) is 0 Å². The van der Waals surface area contributed by atoms with E-state index in [1.54, 1.807) is 6.07 Å². The summed E-state index contributed by atoms with van der Waals surface area (Å²) in [4.78, 5) is 14.2. The van der Waals surface area contributed by atoms with E-state index in [1.165, 1.54) is 0 Å². The van der Waals surface area contributed by atoms with Crippen LogP contribution < -0.4 is 15.5 Å². The molecule has 110 valence electrons. The van der Waals surface area contributed by atoms with Crippen LogP contribution in [0.5, 0.6) is 0 Å². The van der Waals surface area contributed by atoms with Gasteiger partial charge >= 0.3 is 0 Å². The molecule has 6 heteroatoms. The van der Waals surface area contributed by atoms with Crippen molar-refractivity contribution in [1.82, 2.24) is 5.32 Å². The fourth-order valence-corrected chi connectivity index (χ4v) is 2.63. The van der Waals surface area contributed by atoms with Crippen molar-refractivity contribution in [1.29, 1.82) is 0 Å². The normalized spacial score (nSPS) is 21.8. The summed E-state index contributed by atoms with van der Waals surface area (Å²) in [6.45, 7) is 1.01. The topological polar surface area (TPSA) is 53.6 Å². The lowest BCUT2D eigenvalue weighted by atomic mass is 10.0. The fourth-order valence-electron chi connectivity index (χ4n) is 2.28. The summed E-state index contributed by atoms with van der Waals surface area (Å²) in [7, 11) is 5.68. The second-order valence-electron chi connectivity index (χ2n) is 5.09. The van der Waals surface area contributed by atoms with Crippen LogP contribution in [-0.4, -0.2) is 46.3 Å². The molecule has 0 bridgehead atoms. The zero-order valence-corrected chi connectivity index (χ0v) is 12.7. The minimum atomic E-state index is -0.174. The summed E-state index contributed by atoms with van der Waals surface area (Å²) in [5.74, 6) is -0.220. The van der Waals surface area contributed by atoms with Crippen LogP contribution in [-0.2, 0) is 9.53 Å². The van der Waals surface area contributed by atoms with E-state index < -0.39 is 0 Å². The highest BCUT2D eigenvalue weighted by Gasteiger charge is 2.32. The standard InChI is InChI=1S/C14H20ClN3O2/c1-16-12-8-20-7-10(12)14(19)17-9-4-5-13(18(2)3)11(15)6-9/h4-6,10,12,16H,7-8H2,1-3H3,(H,17,19). The van der Waals surface area contributed by atoms with Gasteiger partial charge in [-0.15, -0.1) is 0 Å². The van der Waals surface area contributed by atoms with Crippen molar-refractivity contribution in [3.05, 3.63) is 23.2 Å². The van der Waals surface area contributed by atoms with Gasteiger partial charge in [0.2, 0.25) is 5.91 Å². The summed E-state index contributed by atoms with van der Waals surface area (Å²) in [6.07, 6.45) is 0. The minimum Gasteiger partial charge on any atom is -0.379 e. The summed E-state index contributed by atoms with van der Waals surface area (Å²) in [5, 5.41) is 6.60. The molecule has 20 heavy (non-hydrogen) atoms. The zero-order chi connectivity index (χ0) is 14.7. The van der Waals surface area contributed by atoms with Crippen molar-refractivity contribution >= 4 is 28.9 Å². The molecule has 2 unspecified atom stereocenters. The van der Waals surface area contributed by atoms with E-state index in [0.717, 1.165) is 5.69 Å². The molecule has 0 aromatic heterocycles. The van der Waals surface area contributed by atoms with E-state index in [0.29, 0.717) is 23.9 Å². The van der Waals surface area contributed by atoms with Crippen LogP contribution in [0.4, 0.5) is 11.4 Å². The number of nitrogens with one attached hydrogen (secondary N) is 2. The Morgan fingerprint density at radius 1 is 1.40 bits per heavy atom. The Balaban J connectivity index is 2.06. The molecular weight excluding hydrogens is 278 g/mol. The van der Waals surface area contributed by atoms with Crippen LogP contribution in [0.25, 0.3) is 0 Å². The lowest BCUT2D eigenvalue weighted by molar-refractivity contribution is -0.120. The zero-order valence-electron chi connectivity index (χ0n) is 11.9. The number of carbonyl (C=O) groups excluding carboxylic acids is 1. The van der Waals surface area contributed by atoms with Crippen LogP contribution in [0, 0.1) is 5.92 Å². The number of hydrogen-bond acceptors (Lipinski definition) is 4. The second-order valence-corrected chi connectivity index (χ2v) is 5.50. The number of nitrogens with zero attached hydrogens (tertiary/aromatic N) is 1. The van der Waals surface area contributed by atoms with Crippen LogP contribution in [0.3, 0.4) is 0 Å². The first-order valence-corrected chi connectivity index (χ1v) is 6.93. The van der Waals surface area contributed by atoms with Gasteiger partial charge in [-0.05, 0) is 25.2 Å². The number of anilines is 2. The smallest absolute Gasteiger partial charge is 0.231 e. The van der Waals surface area contributed by atoms with Gasteiger partial charge in [0.1, 0.15) is 0 Å². The first-order valence-electron chi connectivity index (χ1n) is 6.55. The van der Waals surface area contributed by atoms with Gasteiger partial charge < -0.3 is 20.3 Å². The van der Waals surface area contributed by atoms with Gasteiger partial charge in [-0.3, -0.25) is 4.79 Å². The van der Waals surface area contributed by atoms with Crippen molar-refractivity contribution in [2.45, 2.75) is 6.04 Å². The largest absolute Gasteiger partial charge is 0.379 e. The SMILES string of the molecule is CNC1COCC1C(=O)Nc1ccc(N(C)C)c(Cl)c1. The van der Waals surface area contributed by atoms with Gasteiger partial charge in [0.15, 0.2) is 0 Å². The quantitative estimate of drug-likeness (QED) is 0.886. The molecule has 2 atom stereocenters. The first kappa shape index (κ1) is 15.1. The van der Waals surface area contributed by atoms with Gasteiger partial charge in [-0.1, -0.05) is 11.6 Å². The molecule has 1 aromatic carbocycles. The maximum atomic E-state index is 12.2. The van der Waals surface area contributed by atoms with Gasteiger partial charge in [0.05, 0.1) is 29.8 Å². The van der Waals surface area contributed by atoms with Crippen molar-refractivity contribution in [3.63, 3.8) is 0 Å². The molecule has 1 saturated heterocycles. The molecule has 1 fully saturated rings. The number of carbonyl (C=O) groups is 1. The lowest BCUT2D eigenvalue weighted by Gasteiger charge is -2.18. The molecule has 2 N–H and O–H groups in total. The predicted octanol–water partition coefficient (Wildman–Crippen LogP) is 1.58. The molecular formula is C14H20ClN3O2. The molecule has 0 aliphatic carbocycles. The highest BCUT2D eigenvalue weighted by molar-refractivity contribution is 6.33. The van der Waals surface area contributed by atoms with Gasteiger partial charge in [0, 0.05) is 25.8 Å². The first-order chi connectivity index (χ1) is 9.52. The van der Waals surface area contributed by atoms with E-state index in [4.69, 9.17) is 16.3 Å². The Morgan fingerprint density at radius 2 is 2.15 bits per heavy atom. The third-order valence-electron chi connectivity index (χ3n) is 3.49. The highest BCUT2D eigenvalue weighted by atomic mass is 35.5. The number of rotatable bonds is 4. The maximum Gasteiger partial charge on any atom is 0.231 e. The van der Waals surface area contributed by atoms with E-state index in [1.807, 2.05) is 38.2 Å². The number of likely N-dealkylation sites (N-methyl/N-ethyl adjacent to an activating group) is 1. The number of ether oxygens (including phenoxy) is 1. The monoisotopic (exact) mass is 297 g/mol. The lowest BCUT2D eigenvalue weighted by Crippen LogP contribution is -2.39. The fraction of sp³-hybridized carbons (Fsp3) is 0.500. The van der Waals surface area contributed by atoms with Gasteiger partial charge in [-0.25, -0.2) is 0 Å². The second kappa shape index (κ2) is 6.43. The summed E-state index contributed by atoms with van der Waals surface area (Å²) in [5.41, 5.74) is 1.62. The van der Waals surface area contributed by atoms with Crippen molar-refractivity contribution < 1.29 is 9.53 Å². The average Bonchev–Trinajstić information content (AvgIpc) is 2.86. The number of hydrogen-bond donors (Lipinski definition) is 2. The molecule has 1 heterocycles. The molecule has 0 spiro atoms. The summed E-state index contributed by atoms with van der Waals surface area (Å²) < 4.78 is 5.34. The van der Waals surface area contributed by atoms with Crippen LogP contribution in [0.2, 0.25) is 5.02 Å². The Bertz CT molecular complexity index is 493. The Labute approximate surface area is 124 Å². The molecule has 5 nitrogen and oxygen atoms in total. The van der Waals surface area contributed by atoms with Gasteiger partial charge in [-0.2, -0.15) is 0 Å². The molecule has 1 aromatic rings. The molecule has 0 saturated carbocycles. The molecule has 0 radical (unpaired) electrons. The van der Waals surface area contributed by atoms with Crippen LogP contribution >= 0.6 is 11.6 Å². The molecule has 2 rings (SSSR count). The van der Waals surface area contributed by atoms with Gasteiger partial charge in [0.25, 0.3) is 0 Å². The van der Waals surface area contributed by atoms with Crippen LogP contribution in [0.15, 0.2) is 18.2 Å². The minimum absolute atomic E-state index is 0.0458. The molecule has 1 aliphatic rings. The average molecular weight is 298 g/mol. The number of amides is 1. The number of halogens is 1. The Hall–Kier alpha value is -1.30. The third-order valence-corrected chi connectivity index (χ3v) is 3.79. The Morgan fingerprint density at radius 3 is 2.75 bits per heavy atom. The predicted molar refractivity (Wildman–Crippen MR) is 81.6 cm³/mol. The molecule has 1 amide bonds. The molecule has 1 aliphatic heterocycles. The summed E-state index contributed by atoms with van der Waals surface area (Å²) >= 11 is 6.19. The van der Waals surface area contributed by atoms with E-state index in [-0.39, 0.29) is 17.9 Å².